The standard InChI is InChI=1S/C19H22N4O/c1-3-23-17(22-16-10-7-12-20-18(16)23)11-13-21-19(24)14(2)15-8-5-4-6-9-15/h4-10,12,14H,3,11,13H2,1-2H3,(H,21,24). The van der Waals surface area contributed by atoms with Gasteiger partial charge < -0.3 is 9.88 Å². The highest BCUT2D eigenvalue weighted by Gasteiger charge is 2.15. The first-order chi connectivity index (χ1) is 11.7. The maximum absolute atomic E-state index is 12.3. The van der Waals surface area contributed by atoms with Crippen molar-refractivity contribution in [3.63, 3.8) is 0 Å². The minimum Gasteiger partial charge on any atom is -0.355 e. The summed E-state index contributed by atoms with van der Waals surface area (Å²) in [5.41, 5.74) is 2.83. The highest BCUT2D eigenvalue weighted by Crippen LogP contribution is 2.15. The molecule has 5 nitrogen and oxygen atoms in total. The zero-order chi connectivity index (χ0) is 16.9. The molecule has 5 heteroatoms. The molecule has 0 spiro atoms. The molecule has 0 aliphatic rings. The summed E-state index contributed by atoms with van der Waals surface area (Å²) in [5.74, 6) is 0.843. The minimum absolute atomic E-state index is 0.0403. The highest BCUT2D eigenvalue weighted by atomic mass is 16.1. The molecule has 1 aromatic carbocycles. The molecule has 0 bridgehead atoms. The quantitative estimate of drug-likeness (QED) is 0.759. The van der Waals surface area contributed by atoms with Gasteiger partial charge in [0.2, 0.25) is 5.91 Å². The molecule has 0 fully saturated rings. The fourth-order valence-corrected chi connectivity index (χ4v) is 2.87. The molecular formula is C19H22N4O. The predicted molar refractivity (Wildman–Crippen MR) is 94.8 cm³/mol. The highest BCUT2D eigenvalue weighted by molar-refractivity contribution is 5.83. The topological polar surface area (TPSA) is 59.8 Å². The van der Waals surface area contributed by atoms with Crippen molar-refractivity contribution in [2.24, 2.45) is 0 Å². The zero-order valence-electron chi connectivity index (χ0n) is 14.1. The molecule has 1 N–H and O–H groups in total. The van der Waals surface area contributed by atoms with Crippen molar-refractivity contribution in [2.75, 3.05) is 6.54 Å². The van der Waals surface area contributed by atoms with Crippen LogP contribution in [0.25, 0.3) is 11.2 Å². The molecule has 0 radical (unpaired) electrons. The lowest BCUT2D eigenvalue weighted by Crippen LogP contribution is -2.30. The fourth-order valence-electron chi connectivity index (χ4n) is 2.87. The molecule has 2 aromatic heterocycles. The van der Waals surface area contributed by atoms with Crippen LogP contribution in [0.1, 0.15) is 31.2 Å². The largest absolute Gasteiger partial charge is 0.355 e. The molecular weight excluding hydrogens is 300 g/mol. The van der Waals surface area contributed by atoms with Crippen LogP contribution in [-0.2, 0) is 17.8 Å². The Morgan fingerprint density at radius 1 is 1.21 bits per heavy atom. The zero-order valence-corrected chi connectivity index (χ0v) is 14.1. The Morgan fingerprint density at radius 3 is 2.75 bits per heavy atom. The number of aromatic nitrogens is 3. The van der Waals surface area contributed by atoms with Gasteiger partial charge in [0.05, 0.1) is 5.92 Å². The number of nitrogens with one attached hydrogen (secondary N) is 1. The van der Waals surface area contributed by atoms with Crippen LogP contribution in [0.15, 0.2) is 48.7 Å². The van der Waals surface area contributed by atoms with Gasteiger partial charge in [0.15, 0.2) is 5.65 Å². The number of hydrogen-bond acceptors (Lipinski definition) is 3. The third-order valence-corrected chi connectivity index (χ3v) is 4.24. The number of amides is 1. The van der Waals surface area contributed by atoms with Crippen molar-refractivity contribution in [3.05, 3.63) is 60.0 Å². The van der Waals surface area contributed by atoms with Crippen LogP contribution >= 0.6 is 0 Å². The molecule has 3 aromatic rings. The monoisotopic (exact) mass is 322 g/mol. The van der Waals surface area contributed by atoms with Crippen LogP contribution in [0.3, 0.4) is 0 Å². The lowest BCUT2D eigenvalue weighted by Gasteiger charge is -2.12. The van der Waals surface area contributed by atoms with Crippen LogP contribution < -0.4 is 5.32 Å². The Balaban J connectivity index is 1.63. The van der Waals surface area contributed by atoms with Crippen LogP contribution in [0.5, 0.6) is 0 Å². The van der Waals surface area contributed by atoms with E-state index in [1.54, 1.807) is 6.20 Å². The number of aryl methyl sites for hydroxylation is 1. The number of pyridine rings is 1. The SMILES string of the molecule is CCn1c(CCNC(=O)C(C)c2ccccc2)nc2cccnc21. The molecule has 1 atom stereocenters. The molecule has 0 aliphatic heterocycles. The number of rotatable bonds is 6. The number of carbonyl (C=O) groups is 1. The van der Waals surface area contributed by atoms with Crippen molar-refractivity contribution in [3.8, 4) is 0 Å². The van der Waals surface area contributed by atoms with Crippen molar-refractivity contribution in [2.45, 2.75) is 32.7 Å². The lowest BCUT2D eigenvalue weighted by atomic mass is 10.0. The molecule has 24 heavy (non-hydrogen) atoms. The van der Waals surface area contributed by atoms with E-state index in [1.165, 1.54) is 0 Å². The van der Waals surface area contributed by atoms with Crippen LogP contribution in [0.4, 0.5) is 0 Å². The Kier molecular flexibility index (Phi) is 4.89. The van der Waals surface area contributed by atoms with E-state index in [0.717, 1.165) is 29.1 Å². The van der Waals surface area contributed by atoms with Gasteiger partial charge in [-0.15, -0.1) is 0 Å². The van der Waals surface area contributed by atoms with Gasteiger partial charge in [-0.25, -0.2) is 9.97 Å². The van der Waals surface area contributed by atoms with E-state index in [4.69, 9.17) is 0 Å². The lowest BCUT2D eigenvalue weighted by molar-refractivity contribution is -0.122. The molecule has 1 amide bonds. The molecule has 0 aliphatic carbocycles. The number of nitrogens with zero attached hydrogens (tertiary/aromatic N) is 3. The van der Waals surface area contributed by atoms with Gasteiger partial charge in [0, 0.05) is 25.7 Å². The van der Waals surface area contributed by atoms with Crippen molar-refractivity contribution >= 4 is 17.1 Å². The summed E-state index contributed by atoms with van der Waals surface area (Å²) in [6.07, 6.45) is 2.47. The number of carbonyl (C=O) groups excluding carboxylic acids is 1. The summed E-state index contributed by atoms with van der Waals surface area (Å²) in [5, 5.41) is 3.01. The molecule has 2 heterocycles. The first kappa shape index (κ1) is 16.2. The first-order valence-electron chi connectivity index (χ1n) is 8.33. The Morgan fingerprint density at radius 2 is 2.00 bits per heavy atom. The number of imidazole rings is 1. The average Bonchev–Trinajstić information content (AvgIpc) is 2.99. The van der Waals surface area contributed by atoms with Gasteiger partial charge in [-0.3, -0.25) is 4.79 Å². The molecule has 1 unspecified atom stereocenters. The Labute approximate surface area is 141 Å². The van der Waals surface area contributed by atoms with E-state index >= 15 is 0 Å². The third kappa shape index (κ3) is 3.30. The van der Waals surface area contributed by atoms with Crippen LogP contribution in [0.2, 0.25) is 0 Å². The van der Waals surface area contributed by atoms with Gasteiger partial charge in [0.1, 0.15) is 11.3 Å². The van der Waals surface area contributed by atoms with E-state index in [0.29, 0.717) is 13.0 Å². The summed E-state index contributed by atoms with van der Waals surface area (Å²) in [6, 6.07) is 13.7. The number of benzene rings is 1. The summed E-state index contributed by atoms with van der Waals surface area (Å²) in [7, 11) is 0. The Bertz CT molecular complexity index is 826. The van der Waals surface area contributed by atoms with Crippen molar-refractivity contribution in [1.29, 1.82) is 0 Å². The summed E-state index contributed by atoms with van der Waals surface area (Å²) < 4.78 is 2.10. The molecule has 124 valence electrons. The van der Waals surface area contributed by atoms with Gasteiger partial charge in [-0.2, -0.15) is 0 Å². The van der Waals surface area contributed by atoms with Gasteiger partial charge in [0.25, 0.3) is 0 Å². The maximum Gasteiger partial charge on any atom is 0.227 e. The third-order valence-electron chi connectivity index (χ3n) is 4.24. The Hall–Kier alpha value is -2.69. The van der Waals surface area contributed by atoms with Crippen LogP contribution in [-0.4, -0.2) is 27.0 Å². The van der Waals surface area contributed by atoms with Gasteiger partial charge in [-0.1, -0.05) is 30.3 Å². The number of hydrogen-bond donors (Lipinski definition) is 1. The second-order valence-corrected chi connectivity index (χ2v) is 5.79. The summed E-state index contributed by atoms with van der Waals surface area (Å²) >= 11 is 0. The van der Waals surface area contributed by atoms with Crippen LogP contribution in [0, 0.1) is 0 Å². The van der Waals surface area contributed by atoms with E-state index in [9.17, 15) is 4.79 Å². The van der Waals surface area contributed by atoms with Crippen molar-refractivity contribution in [1.82, 2.24) is 19.9 Å². The van der Waals surface area contributed by atoms with Crippen molar-refractivity contribution < 1.29 is 4.79 Å². The molecule has 0 saturated carbocycles. The molecule has 3 rings (SSSR count). The molecule has 0 saturated heterocycles. The van der Waals surface area contributed by atoms with E-state index in [1.807, 2.05) is 49.4 Å². The average molecular weight is 322 g/mol. The normalized spacial score (nSPS) is 12.2. The number of fused-ring (bicyclic) bond motifs is 1. The van der Waals surface area contributed by atoms with E-state index in [-0.39, 0.29) is 11.8 Å². The van der Waals surface area contributed by atoms with Gasteiger partial charge >= 0.3 is 0 Å². The van der Waals surface area contributed by atoms with Gasteiger partial charge in [-0.05, 0) is 31.5 Å². The predicted octanol–water partition coefficient (Wildman–Crippen LogP) is 2.91. The van der Waals surface area contributed by atoms with E-state index < -0.39 is 0 Å². The second kappa shape index (κ2) is 7.25. The van der Waals surface area contributed by atoms with E-state index in [2.05, 4.69) is 26.8 Å². The summed E-state index contributed by atoms with van der Waals surface area (Å²) in [4.78, 5) is 21.3. The summed E-state index contributed by atoms with van der Waals surface area (Å²) in [6.45, 7) is 5.39. The maximum atomic E-state index is 12.3. The smallest absolute Gasteiger partial charge is 0.227 e. The first-order valence-corrected chi connectivity index (χ1v) is 8.33. The minimum atomic E-state index is -0.155. The fraction of sp³-hybridized carbons (Fsp3) is 0.316. The second-order valence-electron chi connectivity index (χ2n) is 5.79.